The number of carbonyl (C=O) groups is 2. The van der Waals surface area contributed by atoms with Gasteiger partial charge in [0.05, 0.1) is 12.8 Å². The van der Waals surface area contributed by atoms with Gasteiger partial charge >= 0.3 is 5.97 Å². The normalized spacial score (nSPS) is 10.4. The van der Waals surface area contributed by atoms with E-state index >= 15 is 0 Å². The quantitative estimate of drug-likeness (QED) is 0.552. The largest absolute Gasteiger partial charge is 0.497 e. The van der Waals surface area contributed by atoms with Crippen molar-refractivity contribution in [3.05, 3.63) is 70.7 Å². The highest BCUT2D eigenvalue weighted by atomic mass is 32.1. The maximum absolute atomic E-state index is 12.5. The number of aromatic nitrogens is 1. The zero-order valence-electron chi connectivity index (χ0n) is 16.5. The van der Waals surface area contributed by atoms with E-state index in [2.05, 4.69) is 4.98 Å². The third-order valence-electron chi connectivity index (χ3n) is 4.33. The second kappa shape index (κ2) is 9.34. The molecule has 3 aromatic rings. The Hall–Kier alpha value is -3.19. The van der Waals surface area contributed by atoms with E-state index in [1.165, 1.54) is 16.2 Å². The predicted molar refractivity (Wildman–Crippen MR) is 112 cm³/mol. The van der Waals surface area contributed by atoms with Crippen LogP contribution in [0.3, 0.4) is 0 Å². The van der Waals surface area contributed by atoms with Crippen molar-refractivity contribution in [2.24, 2.45) is 0 Å². The average molecular weight is 410 g/mol. The molecule has 0 bridgehead atoms. The van der Waals surface area contributed by atoms with E-state index in [4.69, 9.17) is 9.47 Å². The molecular formula is C22H22N2O4S. The van der Waals surface area contributed by atoms with Crippen LogP contribution in [0.4, 0.5) is 0 Å². The van der Waals surface area contributed by atoms with Crippen molar-refractivity contribution in [3.63, 3.8) is 0 Å². The first-order valence-corrected chi connectivity index (χ1v) is 9.86. The van der Waals surface area contributed by atoms with Crippen molar-refractivity contribution < 1.29 is 19.1 Å². The number of benzene rings is 2. The summed E-state index contributed by atoms with van der Waals surface area (Å²) in [6, 6.07) is 17.1. The predicted octanol–water partition coefficient (Wildman–Crippen LogP) is 3.94. The highest BCUT2D eigenvalue weighted by molar-refractivity contribution is 7.17. The van der Waals surface area contributed by atoms with E-state index in [0.29, 0.717) is 22.1 Å². The fourth-order valence-corrected chi connectivity index (χ4v) is 3.66. The lowest BCUT2D eigenvalue weighted by Gasteiger charge is -2.17. The van der Waals surface area contributed by atoms with Gasteiger partial charge in [-0.15, -0.1) is 11.3 Å². The van der Waals surface area contributed by atoms with Gasteiger partial charge in [0.1, 0.15) is 15.6 Å². The summed E-state index contributed by atoms with van der Waals surface area (Å²) in [6.45, 7) is 1.90. The van der Waals surface area contributed by atoms with Gasteiger partial charge in [-0.3, -0.25) is 4.79 Å². The summed E-state index contributed by atoms with van der Waals surface area (Å²) in [7, 11) is 3.29. The number of aryl methyl sites for hydroxylation is 1. The summed E-state index contributed by atoms with van der Waals surface area (Å²) in [5.74, 6) is -0.0548. The molecule has 0 aliphatic heterocycles. The van der Waals surface area contributed by atoms with E-state index in [-0.39, 0.29) is 12.5 Å². The van der Waals surface area contributed by atoms with Crippen LogP contribution in [0, 0.1) is 6.92 Å². The minimum Gasteiger partial charge on any atom is -0.497 e. The van der Waals surface area contributed by atoms with Crippen LogP contribution in [-0.2, 0) is 16.1 Å². The molecule has 150 valence electrons. The first kappa shape index (κ1) is 20.5. The molecule has 0 aliphatic carbocycles. The molecule has 0 atom stereocenters. The summed E-state index contributed by atoms with van der Waals surface area (Å²) in [6.07, 6.45) is 0. The van der Waals surface area contributed by atoms with Gasteiger partial charge in [0.2, 0.25) is 0 Å². The van der Waals surface area contributed by atoms with Gasteiger partial charge in [0.15, 0.2) is 6.61 Å². The van der Waals surface area contributed by atoms with Gasteiger partial charge in [0.25, 0.3) is 5.91 Å². The molecule has 2 aromatic carbocycles. The van der Waals surface area contributed by atoms with E-state index in [0.717, 1.165) is 16.9 Å². The number of methoxy groups -OCH3 is 1. The van der Waals surface area contributed by atoms with E-state index in [1.807, 2.05) is 54.6 Å². The van der Waals surface area contributed by atoms with Crippen LogP contribution in [0.15, 0.2) is 54.6 Å². The molecule has 0 aliphatic rings. The van der Waals surface area contributed by atoms with Gasteiger partial charge < -0.3 is 14.4 Å². The Morgan fingerprint density at radius 1 is 1.07 bits per heavy atom. The minimum atomic E-state index is -0.541. The molecule has 0 saturated carbocycles. The smallest absolute Gasteiger partial charge is 0.350 e. The van der Waals surface area contributed by atoms with Crippen LogP contribution in [0.5, 0.6) is 5.75 Å². The molecule has 0 fully saturated rings. The summed E-state index contributed by atoms with van der Waals surface area (Å²) in [5.41, 5.74) is 2.48. The molecule has 1 heterocycles. The summed E-state index contributed by atoms with van der Waals surface area (Å²) in [4.78, 5) is 31.1. The molecule has 0 radical (unpaired) electrons. The van der Waals surface area contributed by atoms with Crippen LogP contribution in [0.2, 0.25) is 0 Å². The molecule has 0 spiro atoms. The van der Waals surface area contributed by atoms with Gasteiger partial charge in [0, 0.05) is 19.2 Å². The first-order valence-electron chi connectivity index (χ1n) is 9.05. The van der Waals surface area contributed by atoms with Crippen LogP contribution in [0.25, 0.3) is 10.6 Å². The Labute approximate surface area is 173 Å². The van der Waals surface area contributed by atoms with Crippen LogP contribution in [-0.4, -0.2) is 42.5 Å². The van der Waals surface area contributed by atoms with Crippen LogP contribution >= 0.6 is 11.3 Å². The fraction of sp³-hybridized carbons (Fsp3) is 0.227. The second-order valence-electron chi connectivity index (χ2n) is 6.47. The number of esters is 1. The van der Waals surface area contributed by atoms with Crippen LogP contribution < -0.4 is 4.74 Å². The molecule has 1 aromatic heterocycles. The number of likely N-dealkylation sites (N-methyl/N-ethyl adjacent to an activating group) is 1. The number of thiazole rings is 1. The number of rotatable bonds is 7. The molecule has 7 heteroatoms. The SMILES string of the molecule is COc1ccc(-c2nc(C)c(C(=O)OCC(=O)N(C)Cc3ccccc3)s2)cc1. The van der Waals surface area contributed by atoms with Crippen molar-refractivity contribution >= 4 is 23.2 Å². The fourth-order valence-electron chi connectivity index (χ4n) is 2.69. The number of amides is 1. The molecule has 6 nitrogen and oxygen atoms in total. The average Bonchev–Trinajstić information content (AvgIpc) is 3.14. The summed E-state index contributed by atoms with van der Waals surface area (Å²) >= 11 is 1.25. The third kappa shape index (κ3) is 5.20. The Kier molecular flexibility index (Phi) is 6.61. The van der Waals surface area contributed by atoms with Gasteiger partial charge in [-0.05, 0) is 36.8 Å². The van der Waals surface area contributed by atoms with Crippen molar-refractivity contribution in [1.29, 1.82) is 0 Å². The topological polar surface area (TPSA) is 68.7 Å². The van der Waals surface area contributed by atoms with Crippen molar-refractivity contribution in [3.8, 4) is 16.3 Å². The minimum absolute atomic E-state index is 0.264. The Balaban J connectivity index is 1.60. The molecular weight excluding hydrogens is 388 g/mol. The third-order valence-corrected chi connectivity index (χ3v) is 5.52. The Bertz CT molecular complexity index is 984. The van der Waals surface area contributed by atoms with Crippen molar-refractivity contribution in [2.75, 3.05) is 20.8 Å². The molecule has 1 amide bonds. The summed E-state index contributed by atoms with van der Waals surface area (Å²) < 4.78 is 10.4. The highest BCUT2D eigenvalue weighted by Gasteiger charge is 2.20. The highest BCUT2D eigenvalue weighted by Crippen LogP contribution is 2.29. The van der Waals surface area contributed by atoms with E-state index in [9.17, 15) is 9.59 Å². The van der Waals surface area contributed by atoms with Crippen molar-refractivity contribution in [2.45, 2.75) is 13.5 Å². The molecule has 0 unspecified atom stereocenters. The monoisotopic (exact) mass is 410 g/mol. The Morgan fingerprint density at radius 3 is 2.41 bits per heavy atom. The van der Waals surface area contributed by atoms with E-state index < -0.39 is 5.97 Å². The molecule has 29 heavy (non-hydrogen) atoms. The van der Waals surface area contributed by atoms with Crippen molar-refractivity contribution in [1.82, 2.24) is 9.88 Å². The lowest BCUT2D eigenvalue weighted by atomic mass is 10.2. The van der Waals surface area contributed by atoms with Gasteiger partial charge in [-0.1, -0.05) is 30.3 Å². The van der Waals surface area contributed by atoms with Gasteiger partial charge in [-0.25, -0.2) is 9.78 Å². The van der Waals surface area contributed by atoms with Gasteiger partial charge in [-0.2, -0.15) is 0 Å². The number of hydrogen-bond acceptors (Lipinski definition) is 6. The second-order valence-corrected chi connectivity index (χ2v) is 7.47. The first-order chi connectivity index (χ1) is 14.0. The number of hydrogen-bond donors (Lipinski definition) is 0. The molecule has 0 saturated heterocycles. The standard InChI is InChI=1S/C22H22N2O4S/c1-15-20(29-21(23-15)17-9-11-18(27-3)12-10-17)22(26)28-14-19(25)24(2)13-16-7-5-4-6-8-16/h4-12H,13-14H2,1-3H3. The zero-order valence-corrected chi connectivity index (χ0v) is 17.4. The summed E-state index contributed by atoms with van der Waals surface area (Å²) in [5, 5.41) is 0.713. The maximum Gasteiger partial charge on any atom is 0.350 e. The van der Waals surface area contributed by atoms with Crippen LogP contribution in [0.1, 0.15) is 20.9 Å². The number of ether oxygens (including phenoxy) is 2. The zero-order chi connectivity index (χ0) is 20.8. The number of carbonyl (C=O) groups excluding carboxylic acids is 2. The lowest BCUT2D eigenvalue weighted by Crippen LogP contribution is -2.30. The number of nitrogens with zero attached hydrogens (tertiary/aromatic N) is 2. The Morgan fingerprint density at radius 2 is 1.76 bits per heavy atom. The maximum atomic E-state index is 12.5. The lowest BCUT2D eigenvalue weighted by molar-refractivity contribution is -0.133. The van der Waals surface area contributed by atoms with E-state index in [1.54, 1.807) is 21.1 Å². The molecule has 3 rings (SSSR count). The molecule has 0 N–H and O–H groups in total.